The summed E-state index contributed by atoms with van der Waals surface area (Å²) in [5.41, 5.74) is 3.32. The van der Waals surface area contributed by atoms with Crippen LogP contribution >= 0.6 is 0 Å². The zero-order valence-corrected chi connectivity index (χ0v) is 12.9. The Morgan fingerprint density at radius 1 is 1.09 bits per heavy atom. The van der Waals surface area contributed by atoms with Gasteiger partial charge < -0.3 is 20.1 Å². The maximum absolute atomic E-state index is 12.0. The van der Waals surface area contributed by atoms with Crippen molar-refractivity contribution in [2.24, 2.45) is 0 Å². The molecule has 0 saturated carbocycles. The van der Waals surface area contributed by atoms with Gasteiger partial charge in [0.2, 0.25) is 5.88 Å². The van der Waals surface area contributed by atoms with Gasteiger partial charge in [-0.05, 0) is 37.1 Å². The summed E-state index contributed by atoms with van der Waals surface area (Å²) >= 11 is 0. The Balaban J connectivity index is 2.10. The van der Waals surface area contributed by atoms with Crippen molar-refractivity contribution in [3.8, 4) is 11.9 Å². The Kier molecular flexibility index (Phi) is 4.77. The van der Waals surface area contributed by atoms with Crippen LogP contribution in [0.25, 0.3) is 0 Å². The summed E-state index contributed by atoms with van der Waals surface area (Å²) in [7, 11) is 2.91. The number of methoxy groups -OCH3 is 2. The van der Waals surface area contributed by atoms with E-state index in [1.165, 1.54) is 20.4 Å². The second-order valence-corrected chi connectivity index (χ2v) is 4.66. The summed E-state index contributed by atoms with van der Waals surface area (Å²) in [4.78, 5) is 20.0. The van der Waals surface area contributed by atoms with Crippen LogP contribution in [-0.4, -0.2) is 30.2 Å². The average Bonchev–Trinajstić information content (AvgIpc) is 2.51. The third-order valence-corrected chi connectivity index (χ3v) is 3.12. The number of anilines is 2. The molecule has 2 amide bonds. The number of nitrogens with zero attached hydrogens (tertiary/aromatic N) is 2. The fourth-order valence-corrected chi connectivity index (χ4v) is 1.79. The quantitative estimate of drug-likeness (QED) is 0.907. The van der Waals surface area contributed by atoms with E-state index in [4.69, 9.17) is 9.47 Å². The number of hydrogen-bond acceptors (Lipinski definition) is 5. The second-order valence-electron chi connectivity index (χ2n) is 4.66. The molecule has 7 heteroatoms. The zero-order chi connectivity index (χ0) is 16.1. The van der Waals surface area contributed by atoms with E-state index in [9.17, 15) is 4.79 Å². The first-order valence-electron chi connectivity index (χ1n) is 6.63. The molecular weight excluding hydrogens is 284 g/mol. The molecule has 2 aromatic rings. The van der Waals surface area contributed by atoms with Crippen molar-refractivity contribution < 1.29 is 14.3 Å². The third-order valence-electron chi connectivity index (χ3n) is 3.12. The molecule has 0 aliphatic heterocycles. The number of carbonyl (C=O) groups excluding carboxylic acids is 1. The number of aromatic nitrogens is 2. The normalized spacial score (nSPS) is 10.0. The summed E-state index contributed by atoms with van der Waals surface area (Å²) in [6.07, 6.45) is 1.42. The number of hydrogen-bond donors (Lipinski definition) is 2. The number of benzene rings is 1. The van der Waals surface area contributed by atoms with E-state index in [0.717, 1.165) is 11.1 Å². The Labute approximate surface area is 128 Å². The van der Waals surface area contributed by atoms with Crippen molar-refractivity contribution in [1.29, 1.82) is 0 Å². The molecule has 0 radical (unpaired) electrons. The molecule has 0 aliphatic rings. The molecule has 1 aromatic heterocycles. The van der Waals surface area contributed by atoms with E-state index in [1.54, 1.807) is 0 Å². The van der Waals surface area contributed by atoms with E-state index in [-0.39, 0.29) is 11.9 Å². The number of rotatable bonds is 4. The van der Waals surface area contributed by atoms with E-state index in [1.807, 2.05) is 32.0 Å². The van der Waals surface area contributed by atoms with E-state index < -0.39 is 6.03 Å². The van der Waals surface area contributed by atoms with Crippen molar-refractivity contribution >= 4 is 17.4 Å². The molecule has 0 saturated heterocycles. The summed E-state index contributed by atoms with van der Waals surface area (Å²) < 4.78 is 10.0. The van der Waals surface area contributed by atoms with Crippen LogP contribution < -0.4 is 20.1 Å². The Morgan fingerprint density at radius 2 is 1.86 bits per heavy atom. The van der Waals surface area contributed by atoms with E-state index in [2.05, 4.69) is 20.6 Å². The van der Waals surface area contributed by atoms with Crippen LogP contribution in [-0.2, 0) is 0 Å². The maximum atomic E-state index is 12.0. The van der Waals surface area contributed by atoms with E-state index in [0.29, 0.717) is 11.4 Å². The van der Waals surface area contributed by atoms with Crippen molar-refractivity contribution in [2.75, 3.05) is 24.9 Å². The summed E-state index contributed by atoms with van der Waals surface area (Å²) in [5, 5.41) is 5.39. The average molecular weight is 302 g/mol. The van der Waals surface area contributed by atoms with Gasteiger partial charge in [0.15, 0.2) is 0 Å². The molecule has 1 aromatic carbocycles. The standard InChI is InChI=1S/C15H18N4O3/c1-9-5-6-11(7-10(9)2)17-14(20)18-12-8-16-15(22-4)19-13(12)21-3/h5-8H,1-4H3,(H2,17,18,20). The number of urea groups is 1. The highest BCUT2D eigenvalue weighted by atomic mass is 16.5. The van der Waals surface area contributed by atoms with Crippen molar-refractivity contribution in [3.63, 3.8) is 0 Å². The van der Waals surface area contributed by atoms with Gasteiger partial charge in [-0.25, -0.2) is 9.78 Å². The lowest BCUT2D eigenvalue weighted by Gasteiger charge is -2.11. The first kappa shape index (κ1) is 15.6. The molecule has 2 rings (SSSR count). The molecule has 0 aliphatic carbocycles. The number of amides is 2. The Hall–Kier alpha value is -2.83. The smallest absolute Gasteiger partial charge is 0.323 e. The SMILES string of the molecule is COc1ncc(NC(=O)Nc2ccc(C)c(C)c2)c(OC)n1. The predicted octanol–water partition coefficient (Wildman–Crippen LogP) is 2.75. The maximum Gasteiger partial charge on any atom is 0.323 e. The molecule has 7 nitrogen and oxygen atoms in total. The molecule has 2 N–H and O–H groups in total. The summed E-state index contributed by atoms with van der Waals surface area (Å²) in [5.74, 6) is 0.224. The molecule has 0 unspecified atom stereocenters. The van der Waals surface area contributed by atoms with Crippen LogP contribution in [0, 0.1) is 13.8 Å². The molecule has 116 valence electrons. The Morgan fingerprint density at radius 3 is 2.50 bits per heavy atom. The van der Waals surface area contributed by atoms with Gasteiger partial charge in [0.25, 0.3) is 0 Å². The molecule has 1 heterocycles. The molecule has 0 bridgehead atoms. The highest BCUT2D eigenvalue weighted by Gasteiger charge is 2.11. The highest BCUT2D eigenvalue weighted by Crippen LogP contribution is 2.23. The minimum atomic E-state index is -0.407. The van der Waals surface area contributed by atoms with Gasteiger partial charge in [0, 0.05) is 5.69 Å². The van der Waals surface area contributed by atoms with Gasteiger partial charge in [-0.15, -0.1) is 0 Å². The van der Waals surface area contributed by atoms with Crippen LogP contribution in [0.15, 0.2) is 24.4 Å². The lowest BCUT2D eigenvalue weighted by atomic mass is 10.1. The monoisotopic (exact) mass is 302 g/mol. The van der Waals surface area contributed by atoms with Gasteiger partial charge in [0.05, 0.1) is 20.4 Å². The van der Waals surface area contributed by atoms with Crippen molar-refractivity contribution in [2.45, 2.75) is 13.8 Å². The number of nitrogens with one attached hydrogen (secondary N) is 2. The predicted molar refractivity (Wildman–Crippen MR) is 83.7 cm³/mol. The van der Waals surface area contributed by atoms with Gasteiger partial charge >= 0.3 is 12.0 Å². The number of carbonyl (C=O) groups is 1. The van der Waals surface area contributed by atoms with Crippen LogP contribution in [0.1, 0.15) is 11.1 Å². The van der Waals surface area contributed by atoms with Gasteiger partial charge in [-0.3, -0.25) is 0 Å². The molecule has 0 spiro atoms. The molecule has 22 heavy (non-hydrogen) atoms. The summed E-state index contributed by atoms with van der Waals surface area (Å²) in [6.45, 7) is 4.00. The Bertz CT molecular complexity index is 688. The van der Waals surface area contributed by atoms with Gasteiger partial charge in [-0.1, -0.05) is 6.07 Å². The van der Waals surface area contributed by atoms with Crippen molar-refractivity contribution in [1.82, 2.24) is 9.97 Å². The third kappa shape index (κ3) is 3.63. The van der Waals surface area contributed by atoms with Crippen LogP contribution in [0.3, 0.4) is 0 Å². The topological polar surface area (TPSA) is 85.4 Å². The van der Waals surface area contributed by atoms with Crippen LogP contribution in [0.2, 0.25) is 0 Å². The fourth-order valence-electron chi connectivity index (χ4n) is 1.79. The largest absolute Gasteiger partial charge is 0.479 e. The fraction of sp³-hybridized carbons (Fsp3) is 0.267. The highest BCUT2D eigenvalue weighted by molar-refractivity contribution is 6.00. The molecule has 0 atom stereocenters. The first-order valence-corrected chi connectivity index (χ1v) is 6.63. The van der Waals surface area contributed by atoms with Crippen molar-refractivity contribution in [3.05, 3.63) is 35.5 Å². The number of aryl methyl sites for hydroxylation is 2. The minimum absolute atomic E-state index is 0.164. The first-order chi connectivity index (χ1) is 10.5. The van der Waals surface area contributed by atoms with Gasteiger partial charge in [-0.2, -0.15) is 4.98 Å². The zero-order valence-electron chi connectivity index (χ0n) is 12.9. The van der Waals surface area contributed by atoms with Gasteiger partial charge in [0.1, 0.15) is 5.69 Å². The minimum Gasteiger partial charge on any atom is -0.479 e. The second kappa shape index (κ2) is 6.75. The lowest BCUT2D eigenvalue weighted by Crippen LogP contribution is -2.20. The molecular formula is C15H18N4O3. The number of ether oxygens (including phenoxy) is 2. The van der Waals surface area contributed by atoms with E-state index >= 15 is 0 Å². The van der Waals surface area contributed by atoms with Crippen LogP contribution in [0.5, 0.6) is 11.9 Å². The summed E-state index contributed by atoms with van der Waals surface area (Å²) in [6, 6.07) is 5.44. The van der Waals surface area contributed by atoms with Crippen LogP contribution in [0.4, 0.5) is 16.2 Å². The lowest BCUT2D eigenvalue weighted by molar-refractivity contribution is 0.262. The molecule has 0 fully saturated rings.